The van der Waals surface area contributed by atoms with E-state index in [1.165, 1.54) is 21.4 Å². The van der Waals surface area contributed by atoms with Crippen LogP contribution in [0.5, 0.6) is 0 Å². The molecular weight excluding hydrogens is 335 g/mol. The Morgan fingerprint density at radius 1 is 1.12 bits per heavy atom. The average Bonchev–Trinajstić information content (AvgIpc) is 2.93. The van der Waals surface area contributed by atoms with Crippen molar-refractivity contribution in [2.75, 3.05) is 6.54 Å². The van der Waals surface area contributed by atoms with Gasteiger partial charge in [0.2, 0.25) is 5.91 Å². The molecule has 0 aliphatic carbocycles. The molecule has 0 fully saturated rings. The van der Waals surface area contributed by atoms with E-state index in [4.69, 9.17) is 0 Å². The molecule has 0 aliphatic heterocycles. The van der Waals surface area contributed by atoms with Gasteiger partial charge in [0, 0.05) is 19.2 Å². The minimum atomic E-state index is -0.335. The maximum atomic E-state index is 12.9. The predicted octanol–water partition coefficient (Wildman–Crippen LogP) is 1.75. The quantitative estimate of drug-likeness (QED) is 0.733. The summed E-state index contributed by atoms with van der Waals surface area (Å²) in [6, 6.07) is 15.2. The van der Waals surface area contributed by atoms with Gasteiger partial charge in [-0.2, -0.15) is 0 Å². The summed E-state index contributed by atoms with van der Waals surface area (Å²) in [5.74, 6) is 0.0509. The van der Waals surface area contributed by atoms with Gasteiger partial charge >= 0.3 is 5.69 Å². The lowest BCUT2D eigenvalue weighted by atomic mass is 10.1. The van der Waals surface area contributed by atoms with Crippen LogP contribution in [-0.2, 0) is 24.8 Å². The van der Waals surface area contributed by atoms with Crippen molar-refractivity contribution in [3.8, 4) is 11.4 Å². The maximum Gasteiger partial charge on any atom is 0.345 e. The Bertz CT molecular complexity index is 946. The molecular formula is C19H19FN4O2. The van der Waals surface area contributed by atoms with Crippen molar-refractivity contribution in [3.63, 3.8) is 0 Å². The van der Waals surface area contributed by atoms with Crippen LogP contribution in [0.1, 0.15) is 5.56 Å². The van der Waals surface area contributed by atoms with Crippen molar-refractivity contribution in [3.05, 3.63) is 76.5 Å². The molecule has 0 unspecified atom stereocenters. The van der Waals surface area contributed by atoms with E-state index in [0.29, 0.717) is 5.82 Å². The number of aromatic nitrogens is 3. The molecule has 1 amide bonds. The fraction of sp³-hybridized carbons (Fsp3) is 0.211. The Morgan fingerprint density at radius 2 is 1.81 bits per heavy atom. The van der Waals surface area contributed by atoms with Gasteiger partial charge in [0.25, 0.3) is 0 Å². The van der Waals surface area contributed by atoms with Crippen molar-refractivity contribution in [2.45, 2.75) is 13.0 Å². The monoisotopic (exact) mass is 354 g/mol. The molecule has 0 bridgehead atoms. The number of amides is 1. The predicted molar refractivity (Wildman–Crippen MR) is 96.0 cm³/mol. The van der Waals surface area contributed by atoms with Crippen molar-refractivity contribution in [2.24, 2.45) is 7.05 Å². The van der Waals surface area contributed by atoms with Gasteiger partial charge in [0.05, 0.1) is 13.0 Å². The highest BCUT2D eigenvalue weighted by molar-refractivity contribution is 5.78. The van der Waals surface area contributed by atoms with Crippen LogP contribution < -0.4 is 11.0 Å². The number of hydrogen-bond donors (Lipinski definition) is 1. The van der Waals surface area contributed by atoms with Crippen LogP contribution in [0.3, 0.4) is 0 Å². The summed E-state index contributed by atoms with van der Waals surface area (Å²) in [4.78, 5) is 24.2. The number of carbonyl (C=O) groups is 1. The topological polar surface area (TPSA) is 68.9 Å². The molecule has 134 valence electrons. The highest BCUT2D eigenvalue weighted by Crippen LogP contribution is 2.13. The average molecular weight is 354 g/mol. The maximum absolute atomic E-state index is 12.9. The van der Waals surface area contributed by atoms with Gasteiger partial charge in [-0.3, -0.25) is 9.36 Å². The van der Waals surface area contributed by atoms with Gasteiger partial charge in [-0.1, -0.05) is 42.5 Å². The van der Waals surface area contributed by atoms with E-state index in [1.54, 1.807) is 19.2 Å². The highest BCUT2D eigenvalue weighted by atomic mass is 19.1. The van der Waals surface area contributed by atoms with Crippen molar-refractivity contribution >= 4 is 5.91 Å². The van der Waals surface area contributed by atoms with Crippen molar-refractivity contribution in [1.29, 1.82) is 0 Å². The van der Waals surface area contributed by atoms with Crippen LogP contribution in [-0.4, -0.2) is 26.8 Å². The van der Waals surface area contributed by atoms with E-state index >= 15 is 0 Å². The van der Waals surface area contributed by atoms with E-state index in [-0.39, 0.29) is 36.9 Å². The number of carbonyl (C=O) groups excluding carboxylic acids is 1. The van der Waals surface area contributed by atoms with Gasteiger partial charge in [-0.25, -0.2) is 13.9 Å². The van der Waals surface area contributed by atoms with E-state index in [2.05, 4.69) is 10.4 Å². The molecule has 1 heterocycles. The van der Waals surface area contributed by atoms with Crippen molar-refractivity contribution < 1.29 is 9.18 Å². The summed E-state index contributed by atoms with van der Waals surface area (Å²) in [5.41, 5.74) is 1.34. The van der Waals surface area contributed by atoms with Crippen molar-refractivity contribution in [1.82, 2.24) is 19.7 Å². The second-order valence-corrected chi connectivity index (χ2v) is 5.91. The van der Waals surface area contributed by atoms with Gasteiger partial charge in [0.15, 0.2) is 5.82 Å². The standard InChI is InChI=1S/C19H19FN4O2/c1-23-18(15-5-3-2-4-6-15)22-24(19(23)26)12-11-21-17(25)13-14-7-9-16(20)10-8-14/h2-10H,11-13H2,1H3,(H,21,25). The summed E-state index contributed by atoms with van der Waals surface area (Å²) < 4.78 is 15.7. The molecule has 0 saturated carbocycles. The van der Waals surface area contributed by atoms with E-state index in [9.17, 15) is 14.0 Å². The third-order valence-corrected chi connectivity index (χ3v) is 4.00. The molecule has 0 spiro atoms. The molecule has 6 nitrogen and oxygen atoms in total. The molecule has 26 heavy (non-hydrogen) atoms. The lowest BCUT2D eigenvalue weighted by Crippen LogP contribution is -2.32. The lowest BCUT2D eigenvalue weighted by molar-refractivity contribution is -0.120. The van der Waals surface area contributed by atoms with Gasteiger partial charge in [-0.15, -0.1) is 5.10 Å². The minimum Gasteiger partial charge on any atom is -0.354 e. The largest absolute Gasteiger partial charge is 0.354 e. The summed E-state index contributed by atoms with van der Waals surface area (Å²) in [6.07, 6.45) is 0.159. The van der Waals surface area contributed by atoms with Crippen LogP contribution in [0.4, 0.5) is 4.39 Å². The van der Waals surface area contributed by atoms with Gasteiger partial charge in [0.1, 0.15) is 5.82 Å². The first-order valence-corrected chi connectivity index (χ1v) is 8.25. The molecule has 0 aliphatic rings. The Labute approximate surface area is 149 Å². The van der Waals surface area contributed by atoms with Gasteiger partial charge in [-0.05, 0) is 17.7 Å². The highest BCUT2D eigenvalue weighted by Gasteiger charge is 2.12. The third kappa shape index (κ3) is 4.05. The summed E-state index contributed by atoms with van der Waals surface area (Å²) in [6.45, 7) is 0.555. The van der Waals surface area contributed by atoms with E-state index in [0.717, 1.165) is 11.1 Å². The minimum absolute atomic E-state index is 0.159. The van der Waals surface area contributed by atoms with Gasteiger partial charge < -0.3 is 5.32 Å². The number of nitrogens with one attached hydrogen (secondary N) is 1. The van der Waals surface area contributed by atoms with Crippen LogP contribution in [0.15, 0.2) is 59.4 Å². The number of halogens is 1. The summed E-state index contributed by atoms with van der Waals surface area (Å²) >= 11 is 0. The fourth-order valence-corrected chi connectivity index (χ4v) is 2.62. The molecule has 0 radical (unpaired) electrons. The fourth-order valence-electron chi connectivity index (χ4n) is 2.62. The van der Waals surface area contributed by atoms with Crippen LogP contribution in [0.2, 0.25) is 0 Å². The number of nitrogens with zero attached hydrogens (tertiary/aromatic N) is 3. The zero-order chi connectivity index (χ0) is 18.5. The Morgan fingerprint density at radius 3 is 2.50 bits per heavy atom. The molecule has 2 aromatic carbocycles. The normalized spacial score (nSPS) is 10.7. The molecule has 7 heteroatoms. The molecule has 1 N–H and O–H groups in total. The van der Waals surface area contributed by atoms with E-state index in [1.807, 2.05) is 30.3 Å². The number of rotatable bonds is 6. The summed E-state index contributed by atoms with van der Waals surface area (Å²) in [7, 11) is 1.67. The molecule has 3 rings (SSSR count). The van der Waals surface area contributed by atoms with Crippen LogP contribution in [0.25, 0.3) is 11.4 Å². The first-order valence-electron chi connectivity index (χ1n) is 8.25. The summed E-state index contributed by atoms with van der Waals surface area (Å²) in [5, 5.41) is 7.09. The molecule has 0 saturated heterocycles. The Balaban J connectivity index is 1.59. The second kappa shape index (κ2) is 7.77. The number of benzene rings is 2. The third-order valence-electron chi connectivity index (χ3n) is 4.00. The number of hydrogen-bond acceptors (Lipinski definition) is 3. The Kier molecular flexibility index (Phi) is 5.26. The Hall–Kier alpha value is -3.22. The first-order chi connectivity index (χ1) is 12.5. The SMILES string of the molecule is Cn1c(-c2ccccc2)nn(CCNC(=O)Cc2ccc(F)cc2)c1=O. The molecule has 3 aromatic rings. The zero-order valence-corrected chi connectivity index (χ0v) is 14.4. The zero-order valence-electron chi connectivity index (χ0n) is 14.4. The smallest absolute Gasteiger partial charge is 0.345 e. The molecule has 1 aromatic heterocycles. The lowest BCUT2D eigenvalue weighted by Gasteiger charge is -2.05. The first kappa shape index (κ1) is 17.6. The second-order valence-electron chi connectivity index (χ2n) is 5.91. The van der Waals surface area contributed by atoms with E-state index < -0.39 is 0 Å². The molecule has 0 atom stereocenters. The van der Waals surface area contributed by atoms with Crippen LogP contribution in [0, 0.1) is 5.82 Å². The van der Waals surface area contributed by atoms with Crippen LogP contribution >= 0.6 is 0 Å².